The Morgan fingerprint density at radius 1 is 1.17 bits per heavy atom. The van der Waals surface area contributed by atoms with Gasteiger partial charge in [0.05, 0.1) is 19.8 Å². The Bertz CT molecular complexity index is 316. The van der Waals surface area contributed by atoms with E-state index in [1.165, 1.54) is 5.56 Å². The Hall–Kier alpha value is -0.610. The normalized spacial score (nSPS) is 12.6. The molecule has 1 unspecified atom stereocenters. The van der Waals surface area contributed by atoms with Gasteiger partial charge < -0.3 is 14.8 Å². The molecule has 0 aromatic heterocycles. The maximum atomic E-state index is 5.88. The molecule has 1 atom stereocenters. The maximum Gasteiger partial charge on any atom is 0.0700 e. The number of nitrogens with one attached hydrogen (secondary N) is 1. The Balaban J connectivity index is 2.27. The summed E-state index contributed by atoms with van der Waals surface area (Å²) in [6, 6.07) is 8.34. The highest BCUT2D eigenvalue weighted by Crippen LogP contribution is 2.18. The monoisotopic (exact) mass is 271 g/mol. The highest BCUT2D eigenvalue weighted by atomic mass is 35.5. The van der Waals surface area contributed by atoms with Crippen LogP contribution in [0.3, 0.4) is 0 Å². The Morgan fingerprint density at radius 3 is 2.50 bits per heavy atom. The van der Waals surface area contributed by atoms with E-state index in [1.807, 2.05) is 12.1 Å². The molecule has 1 rings (SSSR count). The first-order chi connectivity index (χ1) is 8.77. The van der Waals surface area contributed by atoms with Gasteiger partial charge in [-0.25, -0.2) is 0 Å². The standard InChI is InChI=1S/C14H22ClNO2/c1-3-14(12-4-6-13(15)7-5-12)16-8-9-18-11-10-17-2/h4-7,14,16H,3,8-11H2,1-2H3. The summed E-state index contributed by atoms with van der Waals surface area (Å²) >= 11 is 5.88. The van der Waals surface area contributed by atoms with Crippen molar-refractivity contribution in [1.82, 2.24) is 5.32 Å². The lowest BCUT2D eigenvalue weighted by molar-refractivity contribution is 0.0710. The molecular formula is C14H22ClNO2. The molecule has 1 aromatic rings. The third kappa shape index (κ3) is 5.83. The van der Waals surface area contributed by atoms with Gasteiger partial charge in [0.15, 0.2) is 0 Å². The zero-order chi connectivity index (χ0) is 13.2. The van der Waals surface area contributed by atoms with E-state index in [9.17, 15) is 0 Å². The van der Waals surface area contributed by atoms with Crippen molar-refractivity contribution in [3.8, 4) is 0 Å². The summed E-state index contributed by atoms with van der Waals surface area (Å²) in [5.41, 5.74) is 1.26. The van der Waals surface area contributed by atoms with Crippen molar-refractivity contribution < 1.29 is 9.47 Å². The molecule has 4 heteroatoms. The van der Waals surface area contributed by atoms with Crippen molar-refractivity contribution in [2.75, 3.05) is 33.5 Å². The fraction of sp³-hybridized carbons (Fsp3) is 0.571. The fourth-order valence-electron chi connectivity index (χ4n) is 1.74. The predicted molar refractivity (Wildman–Crippen MR) is 75.2 cm³/mol. The summed E-state index contributed by atoms with van der Waals surface area (Å²) in [5, 5.41) is 4.25. The van der Waals surface area contributed by atoms with E-state index < -0.39 is 0 Å². The van der Waals surface area contributed by atoms with Crippen molar-refractivity contribution in [2.45, 2.75) is 19.4 Å². The minimum Gasteiger partial charge on any atom is -0.382 e. The van der Waals surface area contributed by atoms with Crippen molar-refractivity contribution in [3.05, 3.63) is 34.9 Å². The van der Waals surface area contributed by atoms with Gasteiger partial charge in [-0.15, -0.1) is 0 Å². The maximum absolute atomic E-state index is 5.88. The first kappa shape index (κ1) is 15.4. The summed E-state index contributed by atoms with van der Waals surface area (Å²) < 4.78 is 10.3. The van der Waals surface area contributed by atoms with Crippen LogP contribution in [0.5, 0.6) is 0 Å². The number of ether oxygens (including phenoxy) is 2. The number of halogens is 1. The molecule has 0 bridgehead atoms. The largest absolute Gasteiger partial charge is 0.382 e. The average Bonchev–Trinajstić information content (AvgIpc) is 2.39. The number of rotatable bonds is 9. The van der Waals surface area contributed by atoms with Gasteiger partial charge in [0.1, 0.15) is 0 Å². The molecule has 0 amide bonds. The highest BCUT2D eigenvalue weighted by molar-refractivity contribution is 6.30. The van der Waals surface area contributed by atoms with Gasteiger partial charge >= 0.3 is 0 Å². The van der Waals surface area contributed by atoms with Crippen LogP contribution >= 0.6 is 11.6 Å². The minimum absolute atomic E-state index is 0.355. The SMILES string of the molecule is CCC(NCCOCCOC)c1ccc(Cl)cc1. The number of hydrogen-bond donors (Lipinski definition) is 1. The molecule has 102 valence electrons. The van der Waals surface area contributed by atoms with Crippen molar-refractivity contribution in [2.24, 2.45) is 0 Å². The Kier molecular flexibility index (Phi) is 8.01. The zero-order valence-corrected chi connectivity index (χ0v) is 11.9. The topological polar surface area (TPSA) is 30.5 Å². The lowest BCUT2D eigenvalue weighted by Gasteiger charge is -2.17. The zero-order valence-electron chi connectivity index (χ0n) is 11.1. The molecular weight excluding hydrogens is 250 g/mol. The van der Waals surface area contributed by atoms with E-state index in [-0.39, 0.29) is 0 Å². The van der Waals surface area contributed by atoms with E-state index in [0.717, 1.165) is 18.0 Å². The first-order valence-corrected chi connectivity index (χ1v) is 6.71. The summed E-state index contributed by atoms with van der Waals surface area (Å²) in [5.74, 6) is 0. The summed E-state index contributed by atoms with van der Waals surface area (Å²) in [7, 11) is 1.68. The molecule has 0 saturated carbocycles. The molecule has 0 aliphatic heterocycles. The van der Waals surface area contributed by atoms with Crippen LogP contribution in [0.15, 0.2) is 24.3 Å². The summed E-state index contributed by atoms with van der Waals surface area (Å²) in [6.45, 7) is 5.00. The second kappa shape index (κ2) is 9.34. The lowest BCUT2D eigenvalue weighted by atomic mass is 10.0. The molecule has 0 radical (unpaired) electrons. The van der Waals surface area contributed by atoms with Gasteiger partial charge in [-0.3, -0.25) is 0 Å². The van der Waals surface area contributed by atoms with Crippen LogP contribution in [0.4, 0.5) is 0 Å². The van der Waals surface area contributed by atoms with E-state index in [2.05, 4.69) is 24.4 Å². The van der Waals surface area contributed by atoms with Gasteiger partial charge in [-0.1, -0.05) is 30.7 Å². The molecule has 0 heterocycles. The second-order valence-electron chi connectivity index (χ2n) is 4.07. The van der Waals surface area contributed by atoms with Crippen LogP contribution in [0, 0.1) is 0 Å². The third-order valence-corrected chi connectivity index (χ3v) is 3.00. The van der Waals surface area contributed by atoms with Crippen LogP contribution in [-0.2, 0) is 9.47 Å². The van der Waals surface area contributed by atoms with Crippen molar-refractivity contribution >= 4 is 11.6 Å². The van der Waals surface area contributed by atoms with Crippen LogP contribution in [0.1, 0.15) is 24.9 Å². The second-order valence-corrected chi connectivity index (χ2v) is 4.51. The number of benzene rings is 1. The lowest BCUT2D eigenvalue weighted by Crippen LogP contribution is -2.25. The first-order valence-electron chi connectivity index (χ1n) is 6.33. The molecule has 1 N–H and O–H groups in total. The molecule has 0 fully saturated rings. The Labute approximate surface area is 114 Å². The average molecular weight is 272 g/mol. The van der Waals surface area contributed by atoms with Gasteiger partial charge in [-0.2, -0.15) is 0 Å². The van der Waals surface area contributed by atoms with Crippen LogP contribution < -0.4 is 5.32 Å². The van der Waals surface area contributed by atoms with Crippen LogP contribution in [0.2, 0.25) is 5.02 Å². The number of hydrogen-bond acceptors (Lipinski definition) is 3. The molecule has 1 aromatic carbocycles. The van der Waals surface area contributed by atoms with Gasteiger partial charge in [0, 0.05) is 24.7 Å². The van der Waals surface area contributed by atoms with E-state index >= 15 is 0 Å². The van der Waals surface area contributed by atoms with E-state index in [4.69, 9.17) is 21.1 Å². The van der Waals surface area contributed by atoms with Gasteiger partial charge in [0.25, 0.3) is 0 Å². The van der Waals surface area contributed by atoms with E-state index in [0.29, 0.717) is 25.9 Å². The highest BCUT2D eigenvalue weighted by Gasteiger charge is 2.07. The molecule has 0 aliphatic carbocycles. The molecule has 0 spiro atoms. The number of methoxy groups -OCH3 is 1. The third-order valence-electron chi connectivity index (χ3n) is 2.75. The molecule has 0 aliphatic rings. The quantitative estimate of drug-likeness (QED) is 0.701. The van der Waals surface area contributed by atoms with Crippen molar-refractivity contribution in [1.29, 1.82) is 0 Å². The molecule has 0 saturated heterocycles. The van der Waals surface area contributed by atoms with Crippen molar-refractivity contribution in [3.63, 3.8) is 0 Å². The molecule has 18 heavy (non-hydrogen) atoms. The predicted octanol–water partition coefficient (Wildman–Crippen LogP) is 3.04. The van der Waals surface area contributed by atoms with E-state index in [1.54, 1.807) is 7.11 Å². The summed E-state index contributed by atoms with van der Waals surface area (Å²) in [4.78, 5) is 0. The Morgan fingerprint density at radius 2 is 1.89 bits per heavy atom. The smallest absolute Gasteiger partial charge is 0.0700 e. The van der Waals surface area contributed by atoms with Crippen LogP contribution in [0.25, 0.3) is 0 Å². The minimum atomic E-state index is 0.355. The van der Waals surface area contributed by atoms with Gasteiger partial charge in [0.2, 0.25) is 0 Å². The van der Waals surface area contributed by atoms with Crippen LogP contribution in [-0.4, -0.2) is 33.5 Å². The summed E-state index contributed by atoms with van der Waals surface area (Å²) in [6.07, 6.45) is 1.04. The molecule has 3 nitrogen and oxygen atoms in total. The van der Waals surface area contributed by atoms with Gasteiger partial charge in [-0.05, 0) is 24.1 Å². The fourth-order valence-corrected chi connectivity index (χ4v) is 1.87.